The average molecular weight is 289 g/mol. The molecule has 0 aliphatic heterocycles. The van der Waals surface area contributed by atoms with Crippen LogP contribution in [0.1, 0.15) is 21.5 Å². The van der Waals surface area contributed by atoms with E-state index in [0.717, 1.165) is 16.8 Å². The van der Waals surface area contributed by atoms with E-state index in [1.807, 2.05) is 43.3 Å². The number of carbonyl (C=O) groups is 1. The Morgan fingerprint density at radius 1 is 0.864 bits per heavy atom. The lowest BCUT2D eigenvalue weighted by Crippen LogP contribution is -2.07. The molecule has 2 aromatic rings. The van der Waals surface area contributed by atoms with Gasteiger partial charge in [-0.15, -0.1) is 0 Å². The predicted octanol–water partition coefficient (Wildman–Crippen LogP) is 2.85. The summed E-state index contributed by atoms with van der Waals surface area (Å²) in [5.74, 6) is 10.5. The minimum atomic E-state index is -0.944. The predicted molar refractivity (Wildman–Crippen MR) is 87.9 cm³/mol. The first kappa shape index (κ1) is 15.2. The van der Waals surface area contributed by atoms with Gasteiger partial charge in [0.2, 0.25) is 0 Å². The third-order valence-electron chi connectivity index (χ3n) is 2.99. The Kier molecular flexibility index (Phi) is 4.85. The molecule has 2 aromatic carbocycles. The van der Waals surface area contributed by atoms with Crippen molar-refractivity contribution in [3.63, 3.8) is 0 Å². The lowest BCUT2D eigenvalue weighted by atomic mass is 10.1. The number of aromatic carboxylic acids is 1. The number of carboxylic acids is 1. The fourth-order valence-electron chi connectivity index (χ4n) is 1.75. The Morgan fingerprint density at radius 3 is 1.73 bits per heavy atom. The first-order valence-electron chi connectivity index (χ1n) is 6.69. The highest BCUT2D eigenvalue weighted by Crippen LogP contribution is 2.11. The van der Waals surface area contributed by atoms with E-state index in [1.54, 1.807) is 12.1 Å². The Morgan fingerprint density at radius 2 is 1.32 bits per heavy atom. The van der Waals surface area contributed by atoms with Gasteiger partial charge in [0.1, 0.15) is 0 Å². The van der Waals surface area contributed by atoms with Crippen LogP contribution in [0.5, 0.6) is 0 Å². The summed E-state index contributed by atoms with van der Waals surface area (Å²) in [6, 6.07) is 14.3. The van der Waals surface area contributed by atoms with Gasteiger partial charge < -0.3 is 10.0 Å². The fraction of sp³-hybridized carbons (Fsp3) is 0.105. The Balaban J connectivity index is 2.06. The summed E-state index contributed by atoms with van der Waals surface area (Å²) < 4.78 is 0. The van der Waals surface area contributed by atoms with Gasteiger partial charge in [0.25, 0.3) is 0 Å². The van der Waals surface area contributed by atoms with Crippen LogP contribution in [-0.4, -0.2) is 25.2 Å². The van der Waals surface area contributed by atoms with E-state index in [0.29, 0.717) is 0 Å². The van der Waals surface area contributed by atoms with Gasteiger partial charge in [-0.05, 0) is 60.4 Å². The van der Waals surface area contributed by atoms with Crippen molar-refractivity contribution in [2.45, 2.75) is 0 Å². The molecule has 0 heterocycles. The number of nitrogens with zero attached hydrogens (tertiary/aromatic N) is 1. The Labute approximate surface area is 130 Å². The minimum absolute atomic E-state index is 0.248. The highest BCUT2D eigenvalue weighted by Gasteiger charge is 1.99. The van der Waals surface area contributed by atoms with Gasteiger partial charge >= 0.3 is 5.97 Å². The maximum Gasteiger partial charge on any atom is 0.335 e. The zero-order chi connectivity index (χ0) is 15.9. The van der Waals surface area contributed by atoms with Crippen LogP contribution in [0.3, 0.4) is 0 Å². The molecule has 0 fully saturated rings. The molecule has 3 heteroatoms. The van der Waals surface area contributed by atoms with E-state index < -0.39 is 5.97 Å². The van der Waals surface area contributed by atoms with Crippen LogP contribution in [0.15, 0.2) is 48.5 Å². The molecule has 0 radical (unpaired) electrons. The number of benzene rings is 2. The van der Waals surface area contributed by atoms with Crippen molar-refractivity contribution < 1.29 is 9.90 Å². The van der Waals surface area contributed by atoms with Gasteiger partial charge in [0.05, 0.1) is 5.56 Å². The lowest BCUT2D eigenvalue weighted by molar-refractivity contribution is 0.0697. The average Bonchev–Trinajstić information content (AvgIpc) is 2.52. The summed E-state index contributed by atoms with van der Waals surface area (Å²) in [6.45, 7) is 0. The summed E-state index contributed by atoms with van der Waals surface area (Å²) in [5.41, 5.74) is 3.01. The fourth-order valence-corrected chi connectivity index (χ4v) is 1.75. The molecule has 0 saturated carbocycles. The van der Waals surface area contributed by atoms with E-state index in [2.05, 4.69) is 23.7 Å². The lowest BCUT2D eigenvalue weighted by Gasteiger charge is -2.11. The molecule has 0 aromatic heterocycles. The molecule has 3 nitrogen and oxygen atoms in total. The molecule has 2 rings (SSSR count). The molecule has 0 saturated heterocycles. The third-order valence-corrected chi connectivity index (χ3v) is 2.99. The third kappa shape index (κ3) is 4.16. The highest BCUT2D eigenvalue weighted by molar-refractivity contribution is 5.87. The van der Waals surface area contributed by atoms with E-state index in [-0.39, 0.29) is 5.56 Å². The van der Waals surface area contributed by atoms with Crippen molar-refractivity contribution in [2.75, 3.05) is 19.0 Å². The Hall–Kier alpha value is -3.17. The first-order valence-corrected chi connectivity index (χ1v) is 6.69. The van der Waals surface area contributed by atoms with Gasteiger partial charge in [-0.25, -0.2) is 4.79 Å². The van der Waals surface area contributed by atoms with E-state index in [9.17, 15) is 4.79 Å². The second-order valence-electron chi connectivity index (χ2n) is 4.82. The van der Waals surface area contributed by atoms with Crippen molar-refractivity contribution in [1.82, 2.24) is 0 Å². The van der Waals surface area contributed by atoms with Crippen LogP contribution >= 0.6 is 0 Å². The van der Waals surface area contributed by atoms with Crippen molar-refractivity contribution in [3.8, 4) is 23.7 Å². The monoisotopic (exact) mass is 289 g/mol. The van der Waals surface area contributed by atoms with Crippen molar-refractivity contribution in [2.24, 2.45) is 0 Å². The van der Waals surface area contributed by atoms with Crippen molar-refractivity contribution in [1.29, 1.82) is 0 Å². The molecule has 0 spiro atoms. The molecule has 0 amide bonds. The molecule has 0 aliphatic carbocycles. The first-order chi connectivity index (χ1) is 10.6. The molecule has 0 unspecified atom stereocenters. The standard InChI is InChI=1S/C19H15NO2/c1-20(2)18-13-9-16(10-14-18)6-4-3-5-15-7-11-17(12-8-15)19(21)22/h7-14H,1-2H3,(H,21,22). The van der Waals surface area contributed by atoms with Crippen LogP contribution in [0.4, 0.5) is 5.69 Å². The molecular formula is C19H15NO2. The second kappa shape index (κ2) is 7.02. The van der Waals surface area contributed by atoms with E-state index in [4.69, 9.17) is 5.11 Å². The molecule has 1 N–H and O–H groups in total. The van der Waals surface area contributed by atoms with Crippen LogP contribution < -0.4 is 4.90 Å². The summed E-state index contributed by atoms with van der Waals surface area (Å²) in [6.07, 6.45) is 0. The Bertz CT molecular complexity index is 780. The zero-order valence-corrected chi connectivity index (χ0v) is 12.4. The number of rotatable bonds is 2. The summed E-state index contributed by atoms with van der Waals surface area (Å²) in [4.78, 5) is 12.8. The topological polar surface area (TPSA) is 40.5 Å². The zero-order valence-electron chi connectivity index (χ0n) is 12.4. The quantitative estimate of drug-likeness (QED) is 0.864. The largest absolute Gasteiger partial charge is 0.478 e. The second-order valence-corrected chi connectivity index (χ2v) is 4.82. The maximum atomic E-state index is 10.7. The number of hydrogen-bond donors (Lipinski definition) is 1. The summed E-state index contributed by atoms with van der Waals surface area (Å²) in [5, 5.41) is 8.81. The van der Waals surface area contributed by atoms with Crippen molar-refractivity contribution in [3.05, 3.63) is 65.2 Å². The van der Waals surface area contributed by atoms with Gasteiger partial charge in [0.15, 0.2) is 0 Å². The smallest absolute Gasteiger partial charge is 0.335 e. The molecule has 0 aliphatic rings. The van der Waals surface area contributed by atoms with Crippen LogP contribution in [0, 0.1) is 23.7 Å². The van der Waals surface area contributed by atoms with Crippen LogP contribution in [0.2, 0.25) is 0 Å². The normalized spacial score (nSPS) is 9.00. The highest BCUT2D eigenvalue weighted by atomic mass is 16.4. The molecule has 0 bridgehead atoms. The van der Waals surface area contributed by atoms with E-state index in [1.165, 1.54) is 12.1 Å². The van der Waals surface area contributed by atoms with Gasteiger partial charge in [-0.2, -0.15) is 0 Å². The molecule has 22 heavy (non-hydrogen) atoms. The molecule has 108 valence electrons. The van der Waals surface area contributed by atoms with Gasteiger partial charge in [0, 0.05) is 30.9 Å². The maximum absolute atomic E-state index is 10.7. The van der Waals surface area contributed by atoms with Crippen molar-refractivity contribution >= 4 is 11.7 Å². The minimum Gasteiger partial charge on any atom is -0.478 e. The summed E-state index contributed by atoms with van der Waals surface area (Å²) >= 11 is 0. The summed E-state index contributed by atoms with van der Waals surface area (Å²) in [7, 11) is 3.98. The molecule has 0 atom stereocenters. The van der Waals surface area contributed by atoms with Crippen LogP contribution in [0.25, 0.3) is 0 Å². The number of carboxylic acid groups (broad SMARTS) is 1. The number of hydrogen-bond acceptors (Lipinski definition) is 2. The number of anilines is 1. The van der Waals surface area contributed by atoms with Gasteiger partial charge in [-0.3, -0.25) is 0 Å². The molecular weight excluding hydrogens is 274 g/mol. The van der Waals surface area contributed by atoms with Gasteiger partial charge in [-0.1, -0.05) is 11.8 Å². The van der Waals surface area contributed by atoms with Crippen LogP contribution in [-0.2, 0) is 0 Å². The SMILES string of the molecule is CN(C)c1ccc(C#CC#Cc2ccc(C(=O)O)cc2)cc1. The van der Waals surface area contributed by atoms with E-state index >= 15 is 0 Å².